The topological polar surface area (TPSA) is 75.4 Å². The molecule has 0 radical (unpaired) electrons. The molecule has 2 aliphatic heterocycles. The maximum Gasteiger partial charge on any atom is 0.248 e. The van der Waals surface area contributed by atoms with E-state index in [0.717, 1.165) is 25.0 Å². The molecule has 0 aliphatic carbocycles. The third kappa shape index (κ3) is 2.37. The zero-order chi connectivity index (χ0) is 13.1. The number of carbonyl (C=O) groups is 2. The van der Waals surface area contributed by atoms with Gasteiger partial charge in [0.2, 0.25) is 5.91 Å². The lowest BCUT2D eigenvalue weighted by molar-refractivity contribution is -0.132. The Morgan fingerprint density at radius 3 is 3.06 bits per heavy atom. The van der Waals surface area contributed by atoms with Crippen molar-refractivity contribution in [2.24, 2.45) is 5.73 Å². The predicted molar refractivity (Wildman–Crippen MR) is 68.6 cm³/mol. The summed E-state index contributed by atoms with van der Waals surface area (Å²) in [4.78, 5) is 25.5. The molecule has 1 fully saturated rings. The van der Waals surface area contributed by atoms with Crippen LogP contribution in [0.2, 0.25) is 0 Å². The van der Waals surface area contributed by atoms with Gasteiger partial charge in [0.15, 0.2) is 5.78 Å². The van der Waals surface area contributed by atoms with Gasteiger partial charge in [-0.3, -0.25) is 9.59 Å². The SMILES string of the molecule is CC(=O)C1=CCCN1C(=O)C1NCC/C1=C\CN. The van der Waals surface area contributed by atoms with Crippen LogP contribution in [0.5, 0.6) is 0 Å². The van der Waals surface area contributed by atoms with E-state index in [2.05, 4.69) is 5.32 Å². The molecule has 0 saturated carbocycles. The van der Waals surface area contributed by atoms with Crippen LogP contribution in [-0.4, -0.2) is 42.3 Å². The summed E-state index contributed by atoms with van der Waals surface area (Å²) in [5, 5.41) is 3.17. The molecule has 1 amide bonds. The second kappa shape index (κ2) is 5.46. The molecule has 1 saturated heterocycles. The van der Waals surface area contributed by atoms with Gasteiger partial charge in [0.25, 0.3) is 0 Å². The fourth-order valence-electron chi connectivity index (χ4n) is 2.53. The van der Waals surface area contributed by atoms with Crippen LogP contribution < -0.4 is 11.1 Å². The number of nitrogens with one attached hydrogen (secondary N) is 1. The van der Waals surface area contributed by atoms with Crippen molar-refractivity contribution < 1.29 is 9.59 Å². The van der Waals surface area contributed by atoms with E-state index in [0.29, 0.717) is 18.8 Å². The van der Waals surface area contributed by atoms with Gasteiger partial charge in [-0.2, -0.15) is 0 Å². The van der Waals surface area contributed by atoms with Crippen LogP contribution in [0.4, 0.5) is 0 Å². The van der Waals surface area contributed by atoms with Crippen LogP contribution in [-0.2, 0) is 9.59 Å². The average Bonchev–Trinajstić information content (AvgIpc) is 2.96. The minimum atomic E-state index is -0.311. The molecule has 0 aromatic carbocycles. The lowest BCUT2D eigenvalue weighted by Crippen LogP contribution is -2.43. The number of rotatable bonds is 3. The molecule has 2 heterocycles. The highest BCUT2D eigenvalue weighted by Gasteiger charge is 2.34. The number of nitrogens with zero attached hydrogens (tertiary/aromatic N) is 1. The molecule has 0 aromatic rings. The highest BCUT2D eigenvalue weighted by atomic mass is 16.2. The van der Waals surface area contributed by atoms with E-state index in [1.165, 1.54) is 6.92 Å². The van der Waals surface area contributed by atoms with Crippen LogP contribution >= 0.6 is 0 Å². The summed E-state index contributed by atoms with van der Waals surface area (Å²) in [6.07, 6.45) is 5.33. The van der Waals surface area contributed by atoms with Crippen molar-refractivity contribution in [3.8, 4) is 0 Å². The molecule has 5 heteroatoms. The fraction of sp³-hybridized carbons (Fsp3) is 0.538. The molecular formula is C13H19N3O2. The van der Waals surface area contributed by atoms with Crippen molar-refractivity contribution in [1.82, 2.24) is 10.2 Å². The lowest BCUT2D eigenvalue weighted by atomic mass is 10.1. The Hall–Kier alpha value is -1.46. The van der Waals surface area contributed by atoms with Gasteiger partial charge in [-0.15, -0.1) is 0 Å². The second-order valence-corrected chi connectivity index (χ2v) is 4.58. The van der Waals surface area contributed by atoms with E-state index in [4.69, 9.17) is 5.73 Å². The Morgan fingerprint density at radius 1 is 1.61 bits per heavy atom. The third-order valence-corrected chi connectivity index (χ3v) is 3.37. The summed E-state index contributed by atoms with van der Waals surface area (Å²) in [5.41, 5.74) is 7.07. The number of ketones is 1. The van der Waals surface area contributed by atoms with Gasteiger partial charge in [0.1, 0.15) is 6.04 Å². The van der Waals surface area contributed by atoms with E-state index in [-0.39, 0.29) is 17.7 Å². The summed E-state index contributed by atoms with van der Waals surface area (Å²) in [6, 6.07) is -0.311. The average molecular weight is 249 g/mol. The van der Waals surface area contributed by atoms with Gasteiger partial charge in [-0.25, -0.2) is 0 Å². The maximum absolute atomic E-state index is 12.4. The highest BCUT2D eigenvalue weighted by Crippen LogP contribution is 2.22. The summed E-state index contributed by atoms with van der Waals surface area (Å²) < 4.78 is 0. The summed E-state index contributed by atoms with van der Waals surface area (Å²) in [6.45, 7) is 3.32. The largest absolute Gasteiger partial charge is 0.327 e. The summed E-state index contributed by atoms with van der Waals surface area (Å²) in [7, 11) is 0. The molecule has 3 N–H and O–H groups in total. The number of nitrogens with two attached hydrogens (primary N) is 1. The number of hydrogen-bond donors (Lipinski definition) is 2. The monoisotopic (exact) mass is 249 g/mol. The van der Waals surface area contributed by atoms with Crippen LogP contribution in [0.1, 0.15) is 19.8 Å². The zero-order valence-corrected chi connectivity index (χ0v) is 10.6. The van der Waals surface area contributed by atoms with Crippen molar-refractivity contribution in [2.45, 2.75) is 25.8 Å². The van der Waals surface area contributed by atoms with E-state index in [1.54, 1.807) is 4.90 Å². The Bertz CT molecular complexity index is 426. The first-order chi connectivity index (χ1) is 8.65. The molecule has 0 bridgehead atoms. The Labute approximate surface area is 107 Å². The highest BCUT2D eigenvalue weighted by molar-refractivity contribution is 5.99. The molecule has 98 valence electrons. The first kappa shape index (κ1) is 13.0. The predicted octanol–water partition coefficient (Wildman–Crippen LogP) is -0.0614. The third-order valence-electron chi connectivity index (χ3n) is 3.37. The van der Waals surface area contributed by atoms with E-state index in [9.17, 15) is 9.59 Å². The summed E-state index contributed by atoms with van der Waals surface area (Å²) >= 11 is 0. The van der Waals surface area contributed by atoms with Crippen LogP contribution in [0.3, 0.4) is 0 Å². The number of amides is 1. The molecule has 2 aliphatic rings. The van der Waals surface area contributed by atoms with Crippen molar-refractivity contribution >= 4 is 11.7 Å². The molecule has 2 rings (SSSR count). The molecular weight excluding hydrogens is 230 g/mol. The van der Waals surface area contributed by atoms with E-state index < -0.39 is 0 Å². The van der Waals surface area contributed by atoms with Gasteiger partial charge in [0.05, 0.1) is 5.70 Å². The van der Waals surface area contributed by atoms with E-state index >= 15 is 0 Å². The zero-order valence-electron chi connectivity index (χ0n) is 10.6. The standard InChI is InChI=1S/C13H19N3O2/c1-9(17)11-3-2-8-16(11)13(18)12-10(4-6-14)5-7-15-12/h3-4,12,15H,2,5-8,14H2,1H3/b10-4+. The number of carbonyl (C=O) groups excluding carboxylic acids is 2. The molecule has 5 nitrogen and oxygen atoms in total. The van der Waals surface area contributed by atoms with Gasteiger partial charge in [-0.05, 0) is 25.0 Å². The molecule has 18 heavy (non-hydrogen) atoms. The molecule has 0 aromatic heterocycles. The number of Topliss-reactive ketones (excluding diaryl/α,β-unsaturated/α-hetero) is 1. The first-order valence-corrected chi connectivity index (χ1v) is 6.30. The van der Waals surface area contributed by atoms with Gasteiger partial charge in [-0.1, -0.05) is 12.2 Å². The Balaban J connectivity index is 2.14. The minimum Gasteiger partial charge on any atom is -0.327 e. The number of allylic oxidation sites excluding steroid dienone is 1. The second-order valence-electron chi connectivity index (χ2n) is 4.58. The first-order valence-electron chi connectivity index (χ1n) is 6.30. The van der Waals surface area contributed by atoms with Gasteiger partial charge >= 0.3 is 0 Å². The maximum atomic E-state index is 12.4. The van der Waals surface area contributed by atoms with Crippen molar-refractivity contribution in [3.05, 3.63) is 23.4 Å². The van der Waals surface area contributed by atoms with Gasteiger partial charge < -0.3 is 16.0 Å². The quantitative estimate of drug-likeness (QED) is 0.687. The summed E-state index contributed by atoms with van der Waals surface area (Å²) in [5.74, 6) is -0.0886. The Kier molecular flexibility index (Phi) is 3.93. The van der Waals surface area contributed by atoms with Crippen molar-refractivity contribution in [3.63, 3.8) is 0 Å². The van der Waals surface area contributed by atoms with Gasteiger partial charge in [0, 0.05) is 20.0 Å². The van der Waals surface area contributed by atoms with E-state index in [1.807, 2.05) is 12.2 Å². The lowest BCUT2D eigenvalue weighted by Gasteiger charge is -2.23. The number of hydrogen-bond acceptors (Lipinski definition) is 4. The minimum absolute atomic E-state index is 0.0360. The normalized spacial score (nSPS) is 25.7. The molecule has 1 unspecified atom stereocenters. The smallest absolute Gasteiger partial charge is 0.248 e. The fourth-order valence-corrected chi connectivity index (χ4v) is 2.53. The molecule has 1 atom stereocenters. The van der Waals surface area contributed by atoms with Crippen molar-refractivity contribution in [2.75, 3.05) is 19.6 Å². The van der Waals surface area contributed by atoms with Crippen molar-refractivity contribution in [1.29, 1.82) is 0 Å². The van der Waals surface area contributed by atoms with Crippen LogP contribution in [0.25, 0.3) is 0 Å². The Morgan fingerprint density at radius 2 is 2.39 bits per heavy atom. The van der Waals surface area contributed by atoms with Crippen LogP contribution in [0.15, 0.2) is 23.4 Å². The molecule has 0 spiro atoms. The van der Waals surface area contributed by atoms with Crippen LogP contribution in [0, 0.1) is 0 Å².